The third-order valence-electron chi connectivity index (χ3n) is 2.97. The Bertz CT molecular complexity index is 570. The van der Waals surface area contributed by atoms with Crippen LogP contribution in [0.2, 0.25) is 0 Å². The van der Waals surface area contributed by atoms with Crippen LogP contribution in [-0.2, 0) is 0 Å². The number of nitrogens with two attached hydrogens (primary N) is 1. The van der Waals surface area contributed by atoms with Crippen LogP contribution in [0.25, 0.3) is 11.0 Å². The molecule has 1 fully saturated rings. The molecule has 0 bridgehead atoms. The van der Waals surface area contributed by atoms with Crippen LogP contribution in [0.3, 0.4) is 0 Å². The molecule has 2 aromatic rings. The quantitative estimate of drug-likeness (QED) is 0.805. The van der Waals surface area contributed by atoms with Crippen LogP contribution >= 0.6 is 0 Å². The molecule has 1 amide bonds. The summed E-state index contributed by atoms with van der Waals surface area (Å²) < 4.78 is 5.34. The third-order valence-corrected chi connectivity index (χ3v) is 2.97. The topological polar surface area (TPSA) is 71.5 Å². The van der Waals surface area contributed by atoms with Crippen LogP contribution in [0, 0.1) is 0 Å². The highest BCUT2D eigenvalue weighted by Gasteiger charge is 2.14. The highest BCUT2D eigenvalue weighted by atomic mass is 16.3. The lowest BCUT2D eigenvalue weighted by atomic mass is 10.2. The Morgan fingerprint density at radius 3 is 3.00 bits per heavy atom. The van der Waals surface area contributed by atoms with Crippen molar-refractivity contribution in [3.8, 4) is 0 Å². The summed E-state index contributed by atoms with van der Waals surface area (Å²) in [7, 11) is 0. The highest BCUT2D eigenvalue weighted by molar-refractivity contribution is 5.95. The zero-order valence-corrected chi connectivity index (χ0v) is 9.27. The molecule has 0 atom stereocenters. The summed E-state index contributed by atoms with van der Waals surface area (Å²) in [4.78, 5) is 13.3. The van der Waals surface area contributed by atoms with Crippen molar-refractivity contribution in [3.05, 3.63) is 30.0 Å². The van der Waals surface area contributed by atoms with E-state index in [1.54, 1.807) is 6.07 Å². The van der Waals surface area contributed by atoms with Gasteiger partial charge in [0.15, 0.2) is 5.76 Å². The first-order chi connectivity index (χ1) is 8.24. The molecule has 1 aliphatic rings. The number of hydrogen-bond acceptors (Lipinski definition) is 4. The Morgan fingerprint density at radius 2 is 2.29 bits per heavy atom. The van der Waals surface area contributed by atoms with Gasteiger partial charge in [-0.25, -0.2) is 0 Å². The predicted octanol–water partition coefficient (Wildman–Crippen LogP) is 0.899. The van der Waals surface area contributed by atoms with E-state index >= 15 is 0 Å². The van der Waals surface area contributed by atoms with Gasteiger partial charge in [0.05, 0.1) is 6.67 Å². The summed E-state index contributed by atoms with van der Waals surface area (Å²) >= 11 is 0. The van der Waals surface area contributed by atoms with E-state index in [0.717, 1.165) is 30.8 Å². The van der Waals surface area contributed by atoms with Crippen LogP contribution in [0.5, 0.6) is 0 Å². The molecular weight excluding hydrogens is 218 g/mol. The molecule has 1 saturated heterocycles. The number of furan rings is 1. The number of carbonyl (C=O) groups excluding carboxylic acids is 1. The van der Waals surface area contributed by atoms with E-state index in [1.165, 1.54) is 0 Å². The molecule has 0 saturated carbocycles. The molecule has 1 aliphatic heterocycles. The molecular formula is C12H13N3O2. The van der Waals surface area contributed by atoms with E-state index in [0.29, 0.717) is 5.58 Å². The number of amides is 1. The lowest BCUT2D eigenvalue weighted by Crippen LogP contribution is -2.20. The molecule has 5 heteroatoms. The van der Waals surface area contributed by atoms with Crippen LogP contribution in [0.1, 0.15) is 10.6 Å². The summed E-state index contributed by atoms with van der Waals surface area (Å²) in [6.07, 6.45) is 0. The van der Waals surface area contributed by atoms with Gasteiger partial charge in [-0.3, -0.25) is 10.1 Å². The van der Waals surface area contributed by atoms with Crippen molar-refractivity contribution in [1.82, 2.24) is 5.32 Å². The minimum absolute atomic E-state index is 0.205. The Morgan fingerprint density at radius 1 is 1.41 bits per heavy atom. The number of anilines is 1. The van der Waals surface area contributed by atoms with Gasteiger partial charge in [0.25, 0.3) is 5.91 Å². The standard InChI is InChI=1S/C12H13N3O2/c13-12(16)11-6-8-5-9(1-2-10(8)17-11)15-4-3-14-7-15/h1-2,5-6,14H,3-4,7H2,(H2,13,16). The van der Waals surface area contributed by atoms with Gasteiger partial charge >= 0.3 is 0 Å². The van der Waals surface area contributed by atoms with Crippen molar-refractivity contribution < 1.29 is 9.21 Å². The first-order valence-electron chi connectivity index (χ1n) is 5.53. The lowest BCUT2D eigenvalue weighted by Gasteiger charge is -2.16. The second kappa shape index (κ2) is 3.78. The van der Waals surface area contributed by atoms with Gasteiger partial charge in [0, 0.05) is 24.2 Å². The summed E-state index contributed by atoms with van der Waals surface area (Å²) in [6, 6.07) is 7.56. The van der Waals surface area contributed by atoms with E-state index < -0.39 is 5.91 Å². The lowest BCUT2D eigenvalue weighted by molar-refractivity contribution is 0.0976. The smallest absolute Gasteiger partial charge is 0.284 e. The Kier molecular flexibility index (Phi) is 2.26. The van der Waals surface area contributed by atoms with Crippen molar-refractivity contribution >= 4 is 22.6 Å². The van der Waals surface area contributed by atoms with Crippen molar-refractivity contribution in [1.29, 1.82) is 0 Å². The zero-order chi connectivity index (χ0) is 11.8. The Labute approximate surface area is 98.2 Å². The first-order valence-corrected chi connectivity index (χ1v) is 5.53. The zero-order valence-electron chi connectivity index (χ0n) is 9.27. The van der Waals surface area contributed by atoms with Crippen LogP contribution in [0.4, 0.5) is 5.69 Å². The van der Waals surface area contributed by atoms with Crippen molar-refractivity contribution in [3.63, 3.8) is 0 Å². The second-order valence-corrected chi connectivity index (χ2v) is 4.12. The van der Waals surface area contributed by atoms with Gasteiger partial charge in [-0.05, 0) is 24.3 Å². The number of carbonyl (C=O) groups is 1. The molecule has 3 rings (SSSR count). The van der Waals surface area contributed by atoms with Gasteiger partial charge in [-0.15, -0.1) is 0 Å². The monoisotopic (exact) mass is 231 g/mol. The van der Waals surface area contributed by atoms with Crippen molar-refractivity contribution in [2.75, 3.05) is 24.7 Å². The minimum Gasteiger partial charge on any atom is -0.451 e. The SMILES string of the molecule is NC(=O)c1cc2cc(N3CCNC3)ccc2o1. The molecule has 0 spiro atoms. The number of nitrogens with one attached hydrogen (secondary N) is 1. The Balaban J connectivity index is 2.02. The normalized spacial score (nSPS) is 15.6. The number of rotatable bonds is 2. The fourth-order valence-electron chi connectivity index (χ4n) is 2.08. The van der Waals surface area contributed by atoms with Gasteiger partial charge in [0.2, 0.25) is 0 Å². The number of nitrogens with zero attached hydrogens (tertiary/aromatic N) is 1. The summed E-state index contributed by atoms with van der Waals surface area (Å²) in [6.45, 7) is 2.84. The van der Waals surface area contributed by atoms with Crippen LogP contribution in [0.15, 0.2) is 28.7 Å². The maximum atomic E-state index is 11.0. The molecule has 17 heavy (non-hydrogen) atoms. The average molecular weight is 231 g/mol. The van der Waals surface area contributed by atoms with Gasteiger partial charge in [-0.2, -0.15) is 0 Å². The average Bonchev–Trinajstić information content (AvgIpc) is 2.97. The second-order valence-electron chi connectivity index (χ2n) is 4.12. The fourth-order valence-corrected chi connectivity index (χ4v) is 2.08. The maximum absolute atomic E-state index is 11.0. The fraction of sp³-hybridized carbons (Fsp3) is 0.250. The molecule has 88 valence electrons. The number of fused-ring (bicyclic) bond motifs is 1. The van der Waals surface area contributed by atoms with Crippen molar-refractivity contribution in [2.24, 2.45) is 5.73 Å². The molecule has 0 unspecified atom stereocenters. The molecule has 5 nitrogen and oxygen atoms in total. The summed E-state index contributed by atoms with van der Waals surface area (Å²) in [5.41, 5.74) is 7.00. The minimum atomic E-state index is -0.536. The number of primary amides is 1. The van der Waals surface area contributed by atoms with Gasteiger partial charge in [0.1, 0.15) is 5.58 Å². The maximum Gasteiger partial charge on any atom is 0.284 e. The van der Waals surface area contributed by atoms with E-state index in [4.69, 9.17) is 10.2 Å². The number of benzene rings is 1. The molecule has 2 heterocycles. The van der Waals surface area contributed by atoms with Crippen LogP contribution in [-0.4, -0.2) is 25.7 Å². The van der Waals surface area contributed by atoms with E-state index in [2.05, 4.69) is 10.2 Å². The molecule has 0 aliphatic carbocycles. The molecule has 1 aromatic carbocycles. The van der Waals surface area contributed by atoms with Crippen molar-refractivity contribution in [2.45, 2.75) is 0 Å². The molecule has 3 N–H and O–H groups in total. The molecule has 1 aromatic heterocycles. The first kappa shape index (κ1) is 10.2. The van der Waals surface area contributed by atoms with E-state index in [1.807, 2.05) is 18.2 Å². The summed E-state index contributed by atoms with van der Waals surface area (Å²) in [5, 5.41) is 4.18. The van der Waals surface area contributed by atoms with Gasteiger partial charge in [-0.1, -0.05) is 0 Å². The third kappa shape index (κ3) is 1.74. The van der Waals surface area contributed by atoms with Crippen LogP contribution < -0.4 is 16.0 Å². The Hall–Kier alpha value is -2.01. The van der Waals surface area contributed by atoms with Gasteiger partial charge < -0.3 is 15.1 Å². The van der Waals surface area contributed by atoms with E-state index in [-0.39, 0.29) is 5.76 Å². The summed E-state index contributed by atoms with van der Waals surface area (Å²) in [5.74, 6) is -0.331. The predicted molar refractivity (Wildman–Crippen MR) is 64.9 cm³/mol. The van der Waals surface area contributed by atoms with E-state index in [9.17, 15) is 4.79 Å². The highest BCUT2D eigenvalue weighted by Crippen LogP contribution is 2.25. The largest absolute Gasteiger partial charge is 0.451 e. The number of hydrogen-bond donors (Lipinski definition) is 2. The molecule has 0 radical (unpaired) electrons.